The highest BCUT2D eigenvalue weighted by molar-refractivity contribution is 6.35. The summed E-state index contributed by atoms with van der Waals surface area (Å²) in [6.45, 7) is 2.02. The molecule has 1 unspecified atom stereocenters. The second-order valence-corrected chi connectivity index (χ2v) is 11.6. The van der Waals surface area contributed by atoms with Gasteiger partial charge in [-0.05, 0) is 49.6 Å². The zero-order valence-electron chi connectivity index (χ0n) is 23.6. The summed E-state index contributed by atoms with van der Waals surface area (Å²) in [5.74, 6) is 1.08. The van der Waals surface area contributed by atoms with E-state index in [9.17, 15) is 9.59 Å². The van der Waals surface area contributed by atoms with E-state index in [1.54, 1.807) is 42.7 Å². The Morgan fingerprint density at radius 3 is 2.74 bits per heavy atom. The summed E-state index contributed by atoms with van der Waals surface area (Å²) >= 11 is 12.9. The van der Waals surface area contributed by atoms with Crippen molar-refractivity contribution in [3.05, 3.63) is 76.3 Å². The number of likely N-dealkylation sites (tertiary alicyclic amines) is 1. The summed E-state index contributed by atoms with van der Waals surface area (Å²) in [4.78, 5) is 53.9. The van der Waals surface area contributed by atoms with Gasteiger partial charge in [0.15, 0.2) is 0 Å². The summed E-state index contributed by atoms with van der Waals surface area (Å²) in [6, 6.07) is 8.50. The van der Waals surface area contributed by atoms with Gasteiger partial charge in [-0.2, -0.15) is 0 Å². The fourth-order valence-corrected chi connectivity index (χ4v) is 5.76. The molecule has 0 radical (unpaired) electrons. The molecular weight excluding hydrogens is 589 g/mol. The number of hydrogen-bond donors (Lipinski definition) is 3. The van der Waals surface area contributed by atoms with Gasteiger partial charge in [-0.15, -0.1) is 0 Å². The monoisotopic (exact) mass is 619 g/mol. The zero-order chi connectivity index (χ0) is 29.9. The van der Waals surface area contributed by atoms with Crippen molar-refractivity contribution < 1.29 is 9.59 Å². The van der Waals surface area contributed by atoms with Crippen molar-refractivity contribution in [2.24, 2.45) is 0 Å². The number of carbonyl (C=O) groups excluding carboxylic acids is 2. The minimum atomic E-state index is -0.404. The Kier molecular flexibility index (Phi) is 8.44. The Morgan fingerprint density at radius 1 is 1.12 bits per heavy atom. The number of amides is 2. The number of H-pyrrole nitrogens is 2. The van der Waals surface area contributed by atoms with Crippen molar-refractivity contribution >= 4 is 62.8 Å². The molecule has 2 amide bonds. The summed E-state index contributed by atoms with van der Waals surface area (Å²) in [5, 5.41) is 5.08. The van der Waals surface area contributed by atoms with E-state index in [-0.39, 0.29) is 18.2 Å². The molecule has 5 aromatic rings. The van der Waals surface area contributed by atoms with E-state index in [0.29, 0.717) is 57.5 Å². The van der Waals surface area contributed by atoms with E-state index in [4.69, 9.17) is 28.2 Å². The van der Waals surface area contributed by atoms with E-state index in [0.717, 1.165) is 42.7 Å². The predicted molar refractivity (Wildman–Crippen MR) is 166 cm³/mol. The molecule has 1 fully saturated rings. The molecule has 3 aromatic heterocycles. The second-order valence-electron chi connectivity index (χ2n) is 10.7. The second kappa shape index (κ2) is 12.6. The van der Waals surface area contributed by atoms with Gasteiger partial charge in [0.2, 0.25) is 5.91 Å². The summed E-state index contributed by atoms with van der Waals surface area (Å²) in [6.07, 6.45) is 8.21. The van der Waals surface area contributed by atoms with Crippen LogP contribution >= 0.6 is 23.2 Å². The molecule has 0 saturated carbocycles. The van der Waals surface area contributed by atoms with Crippen LogP contribution in [0.25, 0.3) is 21.9 Å². The van der Waals surface area contributed by atoms with Crippen LogP contribution in [0.15, 0.2) is 49.2 Å². The van der Waals surface area contributed by atoms with Crippen LogP contribution in [-0.2, 0) is 11.2 Å². The molecule has 0 bridgehead atoms. The van der Waals surface area contributed by atoms with Crippen LogP contribution in [0.5, 0.6) is 0 Å². The third kappa shape index (κ3) is 6.42. The highest BCUT2D eigenvalue weighted by atomic mass is 35.5. The van der Waals surface area contributed by atoms with Gasteiger partial charge < -0.3 is 25.1 Å². The Labute approximate surface area is 258 Å². The molecule has 6 rings (SSSR count). The van der Waals surface area contributed by atoms with Crippen molar-refractivity contribution in [3.8, 4) is 0 Å². The summed E-state index contributed by atoms with van der Waals surface area (Å²) in [7, 11) is 1.80. The predicted octanol–water partition coefficient (Wildman–Crippen LogP) is 5.41. The van der Waals surface area contributed by atoms with Gasteiger partial charge in [0.25, 0.3) is 5.91 Å². The Hall–Kier alpha value is -4.22. The largest absolute Gasteiger partial charge is 0.359 e. The van der Waals surface area contributed by atoms with Crippen LogP contribution in [0.4, 0.5) is 5.82 Å². The lowest BCUT2D eigenvalue weighted by Crippen LogP contribution is -2.29. The number of aromatic amines is 2. The van der Waals surface area contributed by atoms with E-state index in [2.05, 4.69) is 30.2 Å². The molecular formula is C30H31Cl2N9O2. The number of imidazole rings is 2. The third-order valence-corrected chi connectivity index (χ3v) is 8.34. The van der Waals surface area contributed by atoms with Crippen LogP contribution in [0.1, 0.15) is 53.6 Å². The zero-order valence-corrected chi connectivity index (χ0v) is 25.1. The fraction of sp³-hybridized carbons (Fsp3) is 0.333. The molecule has 3 N–H and O–H groups in total. The van der Waals surface area contributed by atoms with Gasteiger partial charge in [-0.3, -0.25) is 9.59 Å². The number of carbonyl (C=O) groups is 2. The van der Waals surface area contributed by atoms with Crippen LogP contribution in [-0.4, -0.2) is 78.2 Å². The first-order valence-electron chi connectivity index (χ1n) is 14.2. The molecule has 11 nitrogen and oxygen atoms in total. The number of fused-ring (bicyclic) bond motifs is 2. The number of nitrogens with one attached hydrogen (secondary N) is 3. The van der Waals surface area contributed by atoms with Crippen molar-refractivity contribution in [2.45, 2.75) is 38.1 Å². The lowest BCUT2D eigenvalue weighted by atomic mass is 10.1. The normalized spacial score (nSPS) is 14.0. The standard InChI is InChI=1S/C30H31Cl2N9O2/c1-40(11-8-19-15-33-16-34-19)27(42)7-6-24(29-37-23-5-4-18(31)12-26(23)39-29)38-28-21-13-22(32)20(14-25(21)35-17-36-28)30(43)41-9-2-3-10-41/h4-5,12-17,24H,2-3,6-11H2,1H3,(H,33,34)(H,37,39)(H,35,36,38). The smallest absolute Gasteiger partial charge is 0.255 e. The molecule has 1 aliphatic rings. The highest BCUT2D eigenvalue weighted by Crippen LogP contribution is 2.32. The van der Waals surface area contributed by atoms with E-state index >= 15 is 0 Å². The van der Waals surface area contributed by atoms with Crippen LogP contribution < -0.4 is 5.32 Å². The molecule has 13 heteroatoms. The molecule has 4 heterocycles. The summed E-state index contributed by atoms with van der Waals surface area (Å²) < 4.78 is 0. The maximum atomic E-state index is 13.1. The fourth-order valence-electron chi connectivity index (χ4n) is 5.35. The van der Waals surface area contributed by atoms with Gasteiger partial charge >= 0.3 is 0 Å². The number of halogens is 2. The average molecular weight is 621 g/mol. The average Bonchev–Trinajstić information content (AvgIpc) is 3.80. The van der Waals surface area contributed by atoms with E-state index in [1.807, 2.05) is 17.0 Å². The molecule has 2 aromatic carbocycles. The molecule has 43 heavy (non-hydrogen) atoms. The molecule has 1 atom stereocenters. The minimum Gasteiger partial charge on any atom is -0.359 e. The molecule has 222 valence electrons. The Balaban J connectivity index is 1.26. The Bertz CT molecular complexity index is 1770. The van der Waals surface area contributed by atoms with Gasteiger partial charge in [0.05, 0.1) is 39.5 Å². The molecule has 1 saturated heterocycles. The van der Waals surface area contributed by atoms with Gasteiger partial charge in [-0.25, -0.2) is 19.9 Å². The quantitative estimate of drug-likeness (QED) is 0.190. The van der Waals surface area contributed by atoms with Crippen LogP contribution in [0, 0.1) is 0 Å². The maximum absolute atomic E-state index is 13.1. The number of nitrogens with zero attached hydrogens (tertiary/aromatic N) is 6. The number of benzene rings is 2. The molecule has 0 spiro atoms. The van der Waals surface area contributed by atoms with Crippen LogP contribution in [0.3, 0.4) is 0 Å². The maximum Gasteiger partial charge on any atom is 0.255 e. The number of aromatic nitrogens is 6. The molecule has 0 aliphatic carbocycles. The lowest BCUT2D eigenvalue weighted by molar-refractivity contribution is -0.130. The Morgan fingerprint density at radius 2 is 1.95 bits per heavy atom. The van der Waals surface area contributed by atoms with Gasteiger partial charge in [0, 0.05) is 61.8 Å². The van der Waals surface area contributed by atoms with Crippen molar-refractivity contribution in [2.75, 3.05) is 32.0 Å². The first-order chi connectivity index (χ1) is 20.9. The first kappa shape index (κ1) is 28.9. The number of rotatable bonds is 10. The van der Waals surface area contributed by atoms with Crippen molar-refractivity contribution in [1.29, 1.82) is 0 Å². The minimum absolute atomic E-state index is 0.00567. The van der Waals surface area contributed by atoms with Crippen LogP contribution in [0.2, 0.25) is 10.0 Å². The lowest BCUT2D eigenvalue weighted by Gasteiger charge is -2.21. The third-order valence-electron chi connectivity index (χ3n) is 7.80. The number of anilines is 1. The summed E-state index contributed by atoms with van der Waals surface area (Å²) in [5.41, 5.74) is 3.54. The van der Waals surface area contributed by atoms with Gasteiger partial charge in [0.1, 0.15) is 18.0 Å². The molecule has 1 aliphatic heterocycles. The van der Waals surface area contributed by atoms with E-state index in [1.165, 1.54) is 6.33 Å². The topological polar surface area (TPSA) is 136 Å². The number of likely N-dealkylation sites (N-methyl/N-ethyl adjacent to an activating group) is 1. The number of hydrogen-bond acceptors (Lipinski definition) is 7. The van der Waals surface area contributed by atoms with Crippen molar-refractivity contribution in [3.63, 3.8) is 0 Å². The SMILES string of the molecule is CN(CCc1cnc[nH]1)C(=O)CCC(Nc1ncnc2cc(C(=O)N3CCCC3)c(Cl)cc12)c1nc2ccc(Cl)cc2[nH]1. The van der Waals surface area contributed by atoms with Gasteiger partial charge in [-0.1, -0.05) is 23.2 Å². The van der Waals surface area contributed by atoms with Crippen molar-refractivity contribution in [1.82, 2.24) is 39.7 Å². The highest BCUT2D eigenvalue weighted by Gasteiger charge is 2.24. The first-order valence-corrected chi connectivity index (χ1v) is 15.0. The van der Waals surface area contributed by atoms with E-state index < -0.39 is 6.04 Å².